The number of ether oxygens (including phenoxy) is 1. The molecular weight excluding hydrogens is 339 g/mol. The summed E-state index contributed by atoms with van der Waals surface area (Å²) in [5, 5.41) is 10.0. The average molecular weight is 353 g/mol. The van der Waals surface area contributed by atoms with Crippen LogP contribution in [0.2, 0.25) is 10.0 Å². The van der Waals surface area contributed by atoms with Crippen LogP contribution in [0.4, 0.5) is 0 Å². The molecule has 2 aromatic carbocycles. The van der Waals surface area contributed by atoms with Crippen molar-refractivity contribution < 1.29 is 19.4 Å². The first-order valence-electron chi connectivity index (χ1n) is 6.84. The topological polar surface area (TPSA) is 63.6 Å². The van der Waals surface area contributed by atoms with Gasteiger partial charge in [0.2, 0.25) is 0 Å². The first-order chi connectivity index (χ1) is 11.0. The van der Waals surface area contributed by atoms with Gasteiger partial charge in [0, 0.05) is 10.0 Å². The Hall–Kier alpha value is -2.04. The van der Waals surface area contributed by atoms with Gasteiger partial charge in [0.15, 0.2) is 5.78 Å². The van der Waals surface area contributed by atoms with Crippen molar-refractivity contribution in [1.82, 2.24) is 0 Å². The molecule has 0 fully saturated rings. The minimum Gasteiger partial charge on any atom is -0.486 e. The van der Waals surface area contributed by atoms with Gasteiger partial charge in [0.25, 0.3) is 0 Å². The average Bonchev–Trinajstić information content (AvgIpc) is 2.50. The number of carboxylic acid groups (broad SMARTS) is 1. The molecule has 0 aromatic heterocycles. The molecule has 0 radical (unpaired) electrons. The van der Waals surface area contributed by atoms with Crippen molar-refractivity contribution in [3.8, 4) is 5.75 Å². The van der Waals surface area contributed by atoms with Gasteiger partial charge in [-0.3, -0.25) is 9.59 Å². The number of aliphatic carboxylic acids is 1. The first-order valence-corrected chi connectivity index (χ1v) is 7.59. The van der Waals surface area contributed by atoms with E-state index >= 15 is 0 Å². The van der Waals surface area contributed by atoms with Crippen LogP contribution in [0.25, 0.3) is 0 Å². The summed E-state index contributed by atoms with van der Waals surface area (Å²) in [7, 11) is 0. The molecule has 120 valence electrons. The first kappa shape index (κ1) is 17.3. The molecule has 1 N–H and O–H groups in total. The SMILES string of the molecule is O=C(O)C(Cc1ccccc1)C(=O)COc1cc(Cl)cc(Cl)c1. The van der Waals surface area contributed by atoms with Crippen molar-refractivity contribution in [2.45, 2.75) is 6.42 Å². The molecule has 0 spiro atoms. The molecule has 0 saturated carbocycles. The number of carbonyl (C=O) groups excluding carboxylic acids is 1. The fraction of sp³-hybridized carbons (Fsp3) is 0.176. The van der Waals surface area contributed by atoms with E-state index in [0.717, 1.165) is 5.56 Å². The Kier molecular flexibility index (Phi) is 6.02. The molecule has 2 aromatic rings. The fourth-order valence-electron chi connectivity index (χ4n) is 2.06. The summed E-state index contributed by atoms with van der Waals surface area (Å²) < 4.78 is 5.32. The van der Waals surface area contributed by atoms with Gasteiger partial charge in [0.1, 0.15) is 18.3 Å². The predicted octanol–water partition coefficient (Wildman–Crippen LogP) is 3.88. The summed E-state index contributed by atoms with van der Waals surface area (Å²) in [6.45, 7) is -0.361. The lowest BCUT2D eigenvalue weighted by Crippen LogP contribution is -2.30. The molecule has 1 unspecified atom stereocenters. The smallest absolute Gasteiger partial charge is 0.314 e. The molecule has 0 heterocycles. The number of Topliss-reactive ketones (excluding diaryl/α,β-unsaturated/α-hetero) is 1. The van der Waals surface area contributed by atoms with Crippen molar-refractivity contribution in [3.05, 3.63) is 64.1 Å². The number of carboxylic acids is 1. The Morgan fingerprint density at radius 2 is 1.65 bits per heavy atom. The van der Waals surface area contributed by atoms with Gasteiger partial charge in [0.05, 0.1) is 0 Å². The van der Waals surface area contributed by atoms with E-state index in [9.17, 15) is 14.7 Å². The predicted molar refractivity (Wildman–Crippen MR) is 88.2 cm³/mol. The van der Waals surface area contributed by atoms with Crippen LogP contribution in [0.15, 0.2) is 48.5 Å². The summed E-state index contributed by atoms with van der Waals surface area (Å²) in [5.74, 6) is -2.53. The highest BCUT2D eigenvalue weighted by Gasteiger charge is 2.26. The number of rotatable bonds is 7. The molecule has 0 aliphatic heterocycles. The molecule has 0 amide bonds. The van der Waals surface area contributed by atoms with Crippen molar-refractivity contribution in [3.63, 3.8) is 0 Å². The van der Waals surface area contributed by atoms with Crippen LogP contribution in [0.3, 0.4) is 0 Å². The van der Waals surface area contributed by atoms with Crippen molar-refractivity contribution in [2.75, 3.05) is 6.61 Å². The van der Waals surface area contributed by atoms with E-state index < -0.39 is 17.7 Å². The number of benzene rings is 2. The van der Waals surface area contributed by atoms with Crippen LogP contribution < -0.4 is 4.74 Å². The molecule has 2 rings (SSSR count). The van der Waals surface area contributed by atoms with Crippen LogP contribution in [-0.4, -0.2) is 23.5 Å². The second-order valence-electron chi connectivity index (χ2n) is 4.94. The zero-order valence-electron chi connectivity index (χ0n) is 12.0. The number of halogens is 2. The van der Waals surface area contributed by atoms with Crippen LogP contribution in [0.5, 0.6) is 5.75 Å². The summed E-state index contributed by atoms with van der Waals surface area (Å²) in [4.78, 5) is 23.5. The standard InChI is InChI=1S/C17H14Cl2O4/c18-12-7-13(19)9-14(8-12)23-10-16(20)15(17(21)22)6-11-4-2-1-3-5-11/h1-5,7-9,15H,6,10H2,(H,21,22). The van der Waals surface area contributed by atoms with Gasteiger partial charge in [-0.05, 0) is 30.2 Å². The van der Waals surface area contributed by atoms with E-state index in [4.69, 9.17) is 27.9 Å². The van der Waals surface area contributed by atoms with Gasteiger partial charge in [-0.25, -0.2) is 0 Å². The Balaban J connectivity index is 2.02. The molecule has 0 saturated heterocycles. The third kappa shape index (κ3) is 5.27. The summed E-state index contributed by atoms with van der Waals surface area (Å²) in [6, 6.07) is 13.5. The van der Waals surface area contributed by atoms with E-state index in [-0.39, 0.29) is 13.0 Å². The fourth-order valence-corrected chi connectivity index (χ4v) is 2.56. The molecule has 4 nitrogen and oxygen atoms in total. The summed E-state index contributed by atoms with van der Waals surface area (Å²) >= 11 is 11.7. The molecule has 23 heavy (non-hydrogen) atoms. The zero-order chi connectivity index (χ0) is 16.8. The number of hydrogen-bond donors (Lipinski definition) is 1. The summed E-state index contributed by atoms with van der Waals surface area (Å²) in [5.41, 5.74) is 0.777. The van der Waals surface area contributed by atoms with Gasteiger partial charge >= 0.3 is 5.97 Å². The number of carbonyl (C=O) groups is 2. The quantitative estimate of drug-likeness (QED) is 0.768. The Morgan fingerprint density at radius 3 is 2.22 bits per heavy atom. The van der Waals surface area contributed by atoms with Crippen molar-refractivity contribution in [1.29, 1.82) is 0 Å². The number of hydrogen-bond acceptors (Lipinski definition) is 3. The lowest BCUT2D eigenvalue weighted by Gasteiger charge is -2.12. The van der Waals surface area contributed by atoms with Gasteiger partial charge in [-0.15, -0.1) is 0 Å². The lowest BCUT2D eigenvalue weighted by molar-refractivity contribution is -0.146. The van der Waals surface area contributed by atoms with Gasteiger partial charge in [-0.2, -0.15) is 0 Å². The van der Waals surface area contributed by atoms with Crippen LogP contribution in [0, 0.1) is 5.92 Å². The Labute approximate surface area is 143 Å². The summed E-state index contributed by atoms with van der Waals surface area (Å²) in [6.07, 6.45) is 0.120. The Bertz CT molecular complexity index is 681. The van der Waals surface area contributed by atoms with Crippen molar-refractivity contribution in [2.24, 2.45) is 5.92 Å². The third-order valence-electron chi connectivity index (χ3n) is 3.19. The molecule has 0 bridgehead atoms. The zero-order valence-corrected chi connectivity index (χ0v) is 13.6. The van der Waals surface area contributed by atoms with Crippen LogP contribution >= 0.6 is 23.2 Å². The lowest BCUT2D eigenvalue weighted by atomic mass is 9.95. The maximum atomic E-state index is 12.2. The van der Waals surface area contributed by atoms with Crippen molar-refractivity contribution >= 4 is 35.0 Å². The van der Waals surface area contributed by atoms with Crippen LogP contribution in [-0.2, 0) is 16.0 Å². The molecule has 0 aliphatic carbocycles. The molecule has 6 heteroatoms. The van der Waals surface area contributed by atoms with E-state index in [0.29, 0.717) is 15.8 Å². The maximum Gasteiger partial charge on any atom is 0.314 e. The normalized spacial score (nSPS) is 11.7. The highest BCUT2D eigenvalue weighted by atomic mass is 35.5. The third-order valence-corrected chi connectivity index (χ3v) is 3.62. The van der Waals surface area contributed by atoms with E-state index in [1.165, 1.54) is 18.2 Å². The van der Waals surface area contributed by atoms with E-state index in [1.54, 1.807) is 24.3 Å². The maximum absolute atomic E-state index is 12.2. The van der Waals surface area contributed by atoms with E-state index in [2.05, 4.69) is 0 Å². The van der Waals surface area contributed by atoms with Crippen LogP contribution in [0.1, 0.15) is 5.56 Å². The molecule has 1 atom stereocenters. The molecule has 0 aliphatic rings. The highest BCUT2D eigenvalue weighted by Crippen LogP contribution is 2.24. The van der Waals surface area contributed by atoms with Gasteiger partial charge < -0.3 is 9.84 Å². The molecular formula is C17H14Cl2O4. The van der Waals surface area contributed by atoms with E-state index in [1.807, 2.05) is 6.07 Å². The number of ketones is 1. The highest BCUT2D eigenvalue weighted by molar-refractivity contribution is 6.34. The second-order valence-corrected chi connectivity index (χ2v) is 5.81. The minimum atomic E-state index is -1.17. The minimum absolute atomic E-state index is 0.120. The Morgan fingerprint density at radius 1 is 1.04 bits per heavy atom. The largest absolute Gasteiger partial charge is 0.486 e. The second kappa shape index (κ2) is 7.99. The monoisotopic (exact) mass is 352 g/mol. The van der Waals surface area contributed by atoms with Gasteiger partial charge in [-0.1, -0.05) is 53.5 Å².